The predicted octanol–water partition coefficient (Wildman–Crippen LogP) is 2.68. The van der Waals surface area contributed by atoms with Crippen LogP contribution in [0.4, 0.5) is 0 Å². The van der Waals surface area contributed by atoms with E-state index in [1.54, 1.807) is 30.3 Å². The zero-order chi connectivity index (χ0) is 18.9. The fourth-order valence-corrected chi connectivity index (χ4v) is 2.21. The summed E-state index contributed by atoms with van der Waals surface area (Å²) in [6.07, 6.45) is 1.48. The van der Waals surface area contributed by atoms with Crippen LogP contribution in [0.5, 0.6) is 17.2 Å². The lowest BCUT2D eigenvalue weighted by Crippen LogP contribution is -2.18. The number of benzene rings is 2. The number of ether oxygens (including phenoxy) is 3. The average Bonchev–Trinajstić information content (AvgIpc) is 2.66. The van der Waals surface area contributed by atoms with Gasteiger partial charge in [0.2, 0.25) is 0 Å². The molecule has 2 aromatic rings. The van der Waals surface area contributed by atoms with Crippen molar-refractivity contribution in [3.63, 3.8) is 0 Å². The van der Waals surface area contributed by atoms with Crippen LogP contribution in [-0.4, -0.2) is 32.9 Å². The number of carbonyl (C=O) groups excluding carboxylic acids is 1. The average molecular weight is 353 g/mol. The summed E-state index contributed by atoms with van der Waals surface area (Å²) in [6, 6.07) is 12.3. The fraction of sp³-hybridized carbons (Fsp3) is 0.211. The van der Waals surface area contributed by atoms with Crippen molar-refractivity contribution in [1.29, 1.82) is 5.26 Å². The van der Waals surface area contributed by atoms with Gasteiger partial charge in [-0.05, 0) is 48.4 Å². The van der Waals surface area contributed by atoms with E-state index >= 15 is 0 Å². The van der Waals surface area contributed by atoms with Crippen LogP contribution in [0.25, 0.3) is 0 Å². The van der Waals surface area contributed by atoms with Crippen molar-refractivity contribution in [3.8, 4) is 23.3 Å². The van der Waals surface area contributed by atoms with Crippen molar-refractivity contribution in [2.45, 2.75) is 6.92 Å². The van der Waals surface area contributed by atoms with E-state index in [9.17, 15) is 4.79 Å². The molecule has 0 bridgehead atoms. The number of nitriles is 1. The first kappa shape index (κ1) is 18.8. The summed E-state index contributed by atoms with van der Waals surface area (Å²) >= 11 is 0. The Morgan fingerprint density at radius 3 is 2.62 bits per heavy atom. The Balaban J connectivity index is 2.08. The maximum absolute atomic E-state index is 12.2. The third-order valence-corrected chi connectivity index (χ3v) is 3.46. The van der Waals surface area contributed by atoms with Gasteiger partial charge in [-0.1, -0.05) is 6.07 Å². The van der Waals surface area contributed by atoms with Crippen LogP contribution in [0.15, 0.2) is 41.5 Å². The first-order valence-corrected chi connectivity index (χ1v) is 7.75. The highest BCUT2D eigenvalue weighted by atomic mass is 16.5. The maximum Gasteiger partial charge on any atom is 0.275 e. The van der Waals surface area contributed by atoms with Gasteiger partial charge in [0.15, 0.2) is 18.1 Å². The molecular weight excluding hydrogens is 334 g/mol. The molecule has 7 nitrogen and oxygen atoms in total. The molecule has 0 unspecified atom stereocenters. The topological polar surface area (TPSA) is 92.9 Å². The third kappa shape index (κ3) is 4.74. The summed E-state index contributed by atoms with van der Waals surface area (Å²) in [5, 5.41) is 12.5. The second kappa shape index (κ2) is 9.08. The van der Waals surface area contributed by atoms with Crippen molar-refractivity contribution in [2.75, 3.05) is 20.8 Å². The molecule has 0 atom stereocenters. The van der Waals surface area contributed by atoms with E-state index in [4.69, 9.17) is 19.5 Å². The quantitative estimate of drug-likeness (QED) is 0.610. The lowest BCUT2D eigenvalue weighted by atomic mass is 10.1. The van der Waals surface area contributed by atoms with Gasteiger partial charge in [0.1, 0.15) is 11.8 Å². The van der Waals surface area contributed by atoms with Gasteiger partial charge >= 0.3 is 0 Å². The minimum Gasteiger partial charge on any atom is -0.496 e. The van der Waals surface area contributed by atoms with E-state index in [2.05, 4.69) is 10.5 Å². The number of hydrogen-bond donors (Lipinski definition) is 1. The molecule has 0 aliphatic rings. The molecule has 0 radical (unpaired) electrons. The van der Waals surface area contributed by atoms with Gasteiger partial charge in [-0.2, -0.15) is 10.4 Å². The first-order valence-electron chi connectivity index (χ1n) is 7.75. The minimum atomic E-state index is -0.376. The smallest absolute Gasteiger partial charge is 0.275 e. The van der Waals surface area contributed by atoms with Crippen molar-refractivity contribution in [3.05, 3.63) is 53.1 Å². The number of aryl methyl sites for hydroxylation is 1. The van der Waals surface area contributed by atoms with Crippen molar-refractivity contribution in [1.82, 2.24) is 5.43 Å². The van der Waals surface area contributed by atoms with Crippen LogP contribution in [0, 0.1) is 18.3 Å². The summed E-state index contributed by atoms with van der Waals surface area (Å²) in [4.78, 5) is 12.2. The van der Waals surface area contributed by atoms with E-state index in [1.807, 2.05) is 19.1 Å². The second-order valence-corrected chi connectivity index (χ2v) is 5.26. The van der Waals surface area contributed by atoms with Gasteiger partial charge in [0.05, 0.1) is 26.0 Å². The fourth-order valence-electron chi connectivity index (χ4n) is 2.21. The van der Waals surface area contributed by atoms with Gasteiger partial charge in [-0.15, -0.1) is 0 Å². The molecule has 0 saturated carbocycles. The molecule has 0 aliphatic heterocycles. The predicted molar refractivity (Wildman–Crippen MR) is 96.9 cm³/mol. The lowest BCUT2D eigenvalue weighted by Gasteiger charge is -2.09. The third-order valence-electron chi connectivity index (χ3n) is 3.46. The molecule has 1 N–H and O–H groups in total. The first-order chi connectivity index (χ1) is 12.6. The largest absolute Gasteiger partial charge is 0.496 e. The van der Waals surface area contributed by atoms with Gasteiger partial charge in [0, 0.05) is 0 Å². The van der Waals surface area contributed by atoms with E-state index in [-0.39, 0.29) is 12.5 Å². The van der Waals surface area contributed by atoms with Gasteiger partial charge in [-0.3, -0.25) is 4.79 Å². The number of nitrogens with one attached hydrogen (secondary N) is 1. The Kier molecular flexibility index (Phi) is 6.57. The molecule has 0 spiro atoms. The van der Waals surface area contributed by atoms with Crippen LogP contribution in [-0.2, 0) is 0 Å². The zero-order valence-corrected chi connectivity index (χ0v) is 14.8. The number of methoxy groups -OCH3 is 2. The summed E-state index contributed by atoms with van der Waals surface area (Å²) in [5.74, 6) is 1.03. The summed E-state index contributed by atoms with van der Waals surface area (Å²) < 4.78 is 15.7. The molecule has 26 heavy (non-hydrogen) atoms. The van der Waals surface area contributed by atoms with E-state index in [1.165, 1.54) is 20.4 Å². The lowest BCUT2D eigenvalue weighted by molar-refractivity contribution is 0.0952. The molecule has 1 amide bonds. The molecule has 2 rings (SSSR count). The van der Waals surface area contributed by atoms with Crippen molar-refractivity contribution < 1.29 is 19.0 Å². The SMILES string of the molecule is COc1cc(/C=N\NC(=O)c2ccc(C)cc2OC)ccc1OCC#N. The van der Waals surface area contributed by atoms with Crippen LogP contribution in [0.2, 0.25) is 0 Å². The molecule has 0 saturated heterocycles. The standard InChI is InChI=1S/C19H19N3O4/c1-13-4-6-15(17(10-13)24-2)19(23)22-21-12-14-5-7-16(26-9-8-20)18(11-14)25-3/h4-7,10-12H,9H2,1-3H3,(H,22,23)/b21-12-. The minimum absolute atomic E-state index is 0.0712. The molecule has 2 aromatic carbocycles. The highest BCUT2D eigenvalue weighted by Gasteiger charge is 2.11. The Morgan fingerprint density at radius 2 is 1.92 bits per heavy atom. The molecule has 0 heterocycles. The Bertz CT molecular complexity index is 856. The molecule has 134 valence electrons. The zero-order valence-electron chi connectivity index (χ0n) is 14.8. The van der Waals surface area contributed by atoms with Gasteiger partial charge in [-0.25, -0.2) is 5.43 Å². The van der Waals surface area contributed by atoms with Crippen LogP contribution in [0.1, 0.15) is 21.5 Å². The molecule has 0 aliphatic carbocycles. The van der Waals surface area contributed by atoms with E-state index in [0.717, 1.165) is 5.56 Å². The van der Waals surface area contributed by atoms with Crippen molar-refractivity contribution in [2.24, 2.45) is 5.10 Å². The van der Waals surface area contributed by atoms with Crippen molar-refractivity contribution >= 4 is 12.1 Å². The summed E-state index contributed by atoms with van der Waals surface area (Å²) in [6.45, 7) is 1.85. The van der Waals surface area contributed by atoms with Crippen LogP contribution in [0.3, 0.4) is 0 Å². The van der Waals surface area contributed by atoms with Crippen LogP contribution >= 0.6 is 0 Å². The highest BCUT2D eigenvalue weighted by Crippen LogP contribution is 2.27. The van der Waals surface area contributed by atoms with Gasteiger partial charge < -0.3 is 14.2 Å². The maximum atomic E-state index is 12.2. The number of nitrogens with zero attached hydrogens (tertiary/aromatic N) is 2. The number of hydrazone groups is 1. The normalized spacial score (nSPS) is 10.2. The Hall–Kier alpha value is -3.53. The summed E-state index contributed by atoms with van der Waals surface area (Å²) in [7, 11) is 3.01. The monoisotopic (exact) mass is 353 g/mol. The number of carbonyl (C=O) groups is 1. The molecular formula is C19H19N3O4. The van der Waals surface area contributed by atoms with E-state index in [0.29, 0.717) is 28.4 Å². The molecule has 0 fully saturated rings. The Morgan fingerprint density at radius 1 is 1.15 bits per heavy atom. The number of rotatable bonds is 7. The molecule has 0 aromatic heterocycles. The summed E-state index contributed by atoms with van der Waals surface area (Å²) in [5.41, 5.74) is 4.55. The van der Waals surface area contributed by atoms with E-state index < -0.39 is 0 Å². The second-order valence-electron chi connectivity index (χ2n) is 5.26. The number of hydrogen-bond acceptors (Lipinski definition) is 6. The highest BCUT2D eigenvalue weighted by molar-refractivity contribution is 5.97. The van der Waals surface area contributed by atoms with Crippen LogP contribution < -0.4 is 19.6 Å². The van der Waals surface area contributed by atoms with Gasteiger partial charge in [0.25, 0.3) is 5.91 Å². The number of amides is 1. The molecule has 7 heteroatoms. The Labute approximate surface area is 151 Å².